The Hall–Kier alpha value is -0.740. The van der Waals surface area contributed by atoms with Crippen molar-refractivity contribution in [2.45, 2.75) is 32.2 Å². The summed E-state index contributed by atoms with van der Waals surface area (Å²) in [5.74, 6) is 0.165. The maximum atomic E-state index is 12.1. The summed E-state index contributed by atoms with van der Waals surface area (Å²) in [7, 11) is 0. The van der Waals surface area contributed by atoms with Crippen molar-refractivity contribution < 1.29 is 9.90 Å². The van der Waals surface area contributed by atoms with Crippen molar-refractivity contribution in [1.82, 2.24) is 5.32 Å². The van der Waals surface area contributed by atoms with Gasteiger partial charge in [0, 0.05) is 15.9 Å². The minimum Gasteiger partial charge on any atom is -0.507 e. The molecule has 3 nitrogen and oxygen atoms in total. The third-order valence-corrected chi connectivity index (χ3v) is 3.73. The molecule has 0 aliphatic carbocycles. The molecule has 1 aromatic rings. The van der Waals surface area contributed by atoms with Crippen LogP contribution in [0.3, 0.4) is 0 Å². The Labute approximate surface area is 121 Å². The van der Waals surface area contributed by atoms with Crippen molar-refractivity contribution in [3.63, 3.8) is 0 Å². The van der Waals surface area contributed by atoms with E-state index < -0.39 is 0 Å². The highest BCUT2D eigenvalue weighted by molar-refractivity contribution is 9.10. The van der Waals surface area contributed by atoms with Crippen LogP contribution in [0.5, 0.6) is 5.75 Å². The quantitative estimate of drug-likeness (QED) is 0.807. The van der Waals surface area contributed by atoms with E-state index in [1.165, 1.54) is 6.07 Å². The van der Waals surface area contributed by atoms with Gasteiger partial charge in [0.05, 0.1) is 5.56 Å². The van der Waals surface area contributed by atoms with Crippen molar-refractivity contribution in [2.24, 2.45) is 0 Å². The van der Waals surface area contributed by atoms with E-state index in [0.29, 0.717) is 12.3 Å². The predicted molar refractivity (Wildman–Crippen MR) is 77.3 cm³/mol. The van der Waals surface area contributed by atoms with Gasteiger partial charge in [0.25, 0.3) is 5.91 Å². The molecule has 1 aromatic carbocycles. The van der Waals surface area contributed by atoms with Gasteiger partial charge >= 0.3 is 0 Å². The second-order valence-corrected chi connectivity index (χ2v) is 5.76. The van der Waals surface area contributed by atoms with Crippen LogP contribution in [-0.2, 0) is 0 Å². The second kappa shape index (κ2) is 6.43. The van der Waals surface area contributed by atoms with Gasteiger partial charge in [0.15, 0.2) is 0 Å². The number of nitrogens with one attached hydrogen (secondary N) is 1. The fourth-order valence-electron chi connectivity index (χ4n) is 1.57. The number of aromatic hydroxyl groups is 1. The number of carbonyl (C=O) groups is 1. The van der Waals surface area contributed by atoms with Crippen molar-refractivity contribution >= 4 is 33.4 Å². The van der Waals surface area contributed by atoms with Crippen LogP contribution >= 0.6 is 27.5 Å². The second-order valence-electron chi connectivity index (χ2n) is 4.47. The molecule has 100 valence electrons. The molecule has 0 spiro atoms. The monoisotopic (exact) mass is 333 g/mol. The number of rotatable bonds is 5. The van der Waals surface area contributed by atoms with Crippen molar-refractivity contribution in [3.05, 3.63) is 28.2 Å². The summed E-state index contributed by atoms with van der Waals surface area (Å²) < 4.78 is 0.751. The zero-order chi connectivity index (χ0) is 13.8. The summed E-state index contributed by atoms with van der Waals surface area (Å²) in [5.41, 5.74) is -0.0910. The van der Waals surface area contributed by atoms with Gasteiger partial charge < -0.3 is 10.4 Å². The number of phenolic OH excluding ortho intramolecular Hbond substituents is 1. The highest BCUT2D eigenvalue weighted by Gasteiger charge is 2.25. The van der Waals surface area contributed by atoms with E-state index in [-0.39, 0.29) is 22.8 Å². The van der Waals surface area contributed by atoms with Crippen molar-refractivity contribution in [1.29, 1.82) is 0 Å². The number of halogens is 2. The zero-order valence-electron chi connectivity index (χ0n) is 10.5. The van der Waals surface area contributed by atoms with Gasteiger partial charge in [-0.25, -0.2) is 0 Å². The highest BCUT2D eigenvalue weighted by atomic mass is 79.9. The lowest BCUT2D eigenvalue weighted by molar-refractivity contribution is 0.0899. The Morgan fingerprint density at radius 2 is 2.22 bits per heavy atom. The number of amides is 1. The van der Waals surface area contributed by atoms with Crippen LogP contribution in [0.2, 0.25) is 0 Å². The van der Waals surface area contributed by atoms with E-state index in [9.17, 15) is 9.90 Å². The fourth-order valence-corrected chi connectivity index (χ4v) is 2.35. The summed E-state index contributed by atoms with van der Waals surface area (Å²) in [6.45, 7) is 3.94. The molecule has 1 unspecified atom stereocenters. The van der Waals surface area contributed by atoms with Crippen molar-refractivity contribution in [3.8, 4) is 5.75 Å². The summed E-state index contributed by atoms with van der Waals surface area (Å²) in [4.78, 5) is 12.1. The molecule has 0 aliphatic heterocycles. The smallest absolute Gasteiger partial charge is 0.255 e. The summed E-state index contributed by atoms with van der Waals surface area (Å²) >= 11 is 9.02. The van der Waals surface area contributed by atoms with Crippen LogP contribution in [0.4, 0.5) is 0 Å². The van der Waals surface area contributed by atoms with E-state index in [4.69, 9.17) is 11.6 Å². The van der Waals surface area contributed by atoms with Crippen LogP contribution in [-0.4, -0.2) is 22.4 Å². The van der Waals surface area contributed by atoms with E-state index in [1.807, 2.05) is 13.8 Å². The number of phenols is 1. The molecule has 1 rings (SSSR count). The normalized spacial score (nSPS) is 14.0. The number of hydrogen-bond acceptors (Lipinski definition) is 2. The topological polar surface area (TPSA) is 49.3 Å². The Balaban J connectivity index is 2.90. The molecular weight excluding hydrogens is 318 g/mol. The number of hydrogen-bond donors (Lipinski definition) is 2. The molecule has 18 heavy (non-hydrogen) atoms. The lowest BCUT2D eigenvalue weighted by Crippen LogP contribution is -2.45. The Kier molecular flexibility index (Phi) is 5.47. The van der Waals surface area contributed by atoms with Gasteiger partial charge in [-0.1, -0.05) is 22.9 Å². The SMILES string of the molecule is CCC(C)(CCCl)NC(=O)c1cc(Br)ccc1O. The summed E-state index contributed by atoms with van der Waals surface area (Å²) in [5, 5.41) is 12.6. The van der Waals surface area contributed by atoms with Gasteiger partial charge in [-0.05, 0) is 38.0 Å². The molecule has 2 N–H and O–H groups in total. The van der Waals surface area contributed by atoms with Crippen LogP contribution in [0, 0.1) is 0 Å². The Morgan fingerprint density at radius 1 is 1.56 bits per heavy atom. The van der Waals surface area contributed by atoms with E-state index >= 15 is 0 Å². The number of carbonyl (C=O) groups excluding carboxylic acids is 1. The molecule has 0 heterocycles. The van der Waals surface area contributed by atoms with E-state index in [0.717, 1.165) is 10.9 Å². The summed E-state index contributed by atoms with van der Waals surface area (Å²) in [6, 6.07) is 4.77. The minimum absolute atomic E-state index is 0.0278. The first kappa shape index (κ1) is 15.3. The van der Waals surface area contributed by atoms with Gasteiger partial charge in [0.1, 0.15) is 5.75 Å². The Bertz CT molecular complexity index is 439. The maximum absolute atomic E-state index is 12.1. The largest absolute Gasteiger partial charge is 0.507 e. The fraction of sp³-hybridized carbons (Fsp3) is 0.462. The Morgan fingerprint density at radius 3 is 2.78 bits per heavy atom. The van der Waals surface area contributed by atoms with Crippen LogP contribution < -0.4 is 5.32 Å². The molecule has 0 saturated heterocycles. The third-order valence-electron chi connectivity index (χ3n) is 3.05. The van der Waals surface area contributed by atoms with Gasteiger partial charge in [-0.2, -0.15) is 0 Å². The lowest BCUT2D eigenvalue weighted by Gasteiger charge is -2.29. The molecule has 0 aromatic heterocycles. The minimum atomic E-state index is -0.354. The lowest BCUT2D eigenvalue weighted by atomic mass is 9.95. The zero-order valence-corrected chi connectivity index (χ0v) is 12.8. The van der Waals surface area contributed by atoms with Crippen LogP contribution in [0.15, 0.2) is 22.7 Å². The highest BCUT2D eigenvalue weighted by Crippen LogP contribution is 2.23. The van der Waals surface area contributed by atoms with Gasteiger partial charge in [-0.3, -0.25) is 4.79 Å². The molecule has 0 aliphatic rings. The summed E-state index contributed by atoms with van der Waals surface area (Å²) in [6.07, 6.45) is 1.46. The average molecular weight is 335 g/mol. The first-order valence-electron chi connectivity index (χ1n) is 5.79. The van der Waals surface area contributed by atoms with Crippen LogP contribution in [0.25, 0.3) is 0 Å². The van der Waals surface area contributed by atoms with Gasteiger partial charge in [0.2, 0.25) is 0 Å². The van der Waals surface area contributed by atoms with Crippen LogP contribution in [0.1, 0.15) is 37.0 Å². The molecular formula is C13H17BrClNO2. The van der Waals surface area contributed by atoms with E-state index in [2.05, 4.69) is 21.2 Å². The molecule has 0 bridgehead atoms. The number of benzene rings is 1. The molecule has 0 saturated carbocycles. The molecule has 1 atom stereocenters. The molecule has 0 radical (unpaired) electrons. The molecule has 0 fully saturated rings. The average Bonchev–Trinajstić information content (AvgIpc) is 2.32. The van der Waals surface area contributed by atoms with Gasteiger partial charge in [-0.15, -0.1) is 11.6 Å². The maximum Gasteiger partial charge on any atom is 0.255 e. The van der Waals surface area contributed by atoms with Crippen molar-refractivity contribution in [2.75, 3.05) is 5.88 Å². The first-order valence-corrected chi connectivity index (χ1v) is 7.11. The molecule has 1 amide bonds. The third kappa shape index (κ3) is 3.89. The van der Waals surface area contributed by atoms with E-state index in [1.54, 1.807) is 12.1 Å². The standard InChI is InChI=1S/C13H17BrClNO2/c1-3-13(2,6-7-15)16-12(18)10-8-9(14)4-5-11(10)17/h4-5,8,17H,3,6-7H2,1-2H3,(H,16,18). The predicted octanol–water partition coefficient (Wildman–Crippen LogP) is 3.68. The first-order chi connectivity index (χ1) is 8.41. The number of alkyl halides is 1. The molecule has 5 heteroatoms.